The number of thiazole rings is 1. The summed E-state index contributed by atoms with van der Waals surface area (Å²) in [5.74, 6) is 0.946. The van der Waals surface area contributed by atoms with E-state index in [1.165, 1.54) is 4.70 Å². The van der Waals surface area contributed by atoms with Crippen LogP contribution in [-0.4, -0.2) is 16.9 Å². The molecule has 2 nitrogen and oxygen atoms in total. The van der Waals surface area contributed by atoms with E-state index in [-0.39, 0.29) is 0 Å². The second-order valence-electron chi connectivity index (χ2n) is 3.23. The second-order valence-corrected chi connectivity index (χ2v) is 4.91. The van der Waals surface area contributed by atoms with E-state index in [9.17, 15) is 0 Å². The van der Waals surface area contributed by atoms with Gasteiger partial charge in [-0.1, -0.05) is 15.9 Å². The minimum atomic E-state index is 0.788. The third-order valence-electron chi connectivity index (χ3n) is 2.10. The van der Waals surface area contributed by atoms with E-state index < -0.39 is 0 Å². The van der Waals surface area contributed by atoms with Gasteiger partial charge in [0.2, 0.25) is 0 Å². The Balaban J connectivity index is 1.96. The van der Waals surface area contributed by atoms with Crippen molar-refractivity contribution in [2.45, 2.75) is 12.8 Å². The zero-order valence-corrected chi connectivity index (χ0v) is 10.7. The molecule has 15 heavy (non-hydrogen) atoms. The van der Waals surface area contributed by atoms with Gasteiger partial charge in [0.15, 0.2) is 0 Å². The number of ether oxygens (including phenoxy) is 1. The van der Waals surface area contributed by atoms with Gasteiger partial charge in [0.05, 0.1) is 22.3 Å². The Kier molecular flexibility index (Phi) is 3.97. The molecule has 0 radical (unpaired) electrons. The van der Waals surface area contributed by atoms with Crippen LogP contribution in [0.1, 0.15) is 12.8 Å². The van der Waals surface area contributed by atoms with Crippen molar-refractivity contribution in [2.75, 3.05) is 11.9 Å². The second kappa shape index (κ2) is 5.47. The fraction of sp³-hybridized carbons (Fsp3) is 0.364. The summed E-state index contributed by atoms with van der Waals surface area (Å²) in [6.07, 6.45) is 2.24. The minimum absolute atomic E-state index is 0.788. The maximum Gasteiger partial charge on any atom is 0.120 e. The van der Waals surface area contributed by atoms with Crippen LogP contribution in [0.3, 0.4) is 0 Å². The summed E-state index contributed by atoms with van der Waals surface area (Å²) in [6, 6.07) is 6.04. The molecular weight excluding hydrogens is 274 g/mol. The number of hydrogen-bond acceptors (Lipinski definition) is 3. The van der Waals surface area contributed by atoms with Crippen molar-refractivity contribution in [2.24, 2.45) is 0 Å². The zero-order valence-electron chi connectivity index (χ0n) is 8.28. The highest BCUT2D eigenvalue weighted by Gasteiger charge is 1.99. The molecule has 0 amide bonds. The van der Waals surface area contributed by atoms with Crippen LogP contribution in [0.15, 0.2) is 23.7 Å². The lowest BCUT2D eigenvalue weighted by Gasteiger charge is -2.04. The Morgan fingerprint density at radius 3 is 3.13 bits per heavy atom. The molecule has 80 valence electrons. The van der Waals surface area contributed by atoms with E-state index in [0.717, 1.165) is 36.0 Å². The molecule has 0 fully saturated rings. The smallest absolute Gasteiger partial charge is 0.120 e. The lowest BCUT2D eigenvalue weighted by atomic mass is 10.3. The van der Waals surface area contributed by atoms with Crippen LogP contribution >= 0.6 is 27.3 Å². The average Bonchev–Trinajstić information content (AvgIpc) is 2.71. The molecule has 0 aliphatic rings. The predicted octanol–water partition coefficient (Wildman–Crippen LogP) is 3.85. The quantitative estimate of drug-likeness (QED) is 0.615. The van der Waals surface area contributed by atoms with Crippen molar-refractivity contribution < 1.29 is 4.74 Å². The minimum Gasteiger partial charge on any atom is -0.494 e. The molecule has 0 saturated carbocycles. The van der Waals surface area contributed by atoms with Gasteiger partial charge in [-0.2, -0.15) is 0 Å². The van der Waals surface area contributed by atoms with Gasteiger partial charge in [-0.15, -0.1) is 11.3 Å². The van der Waals surface area contributed by atoms with Crippen LogP contribution < -0.4 is 4.74 Å². The first-order valence-corrected chi connectivity index (χ1v) is 6.92. The zero-order chi connectivity index (χ0) is 10.5. The summed E-state index contributed by atoms with van der Waals surface area (Å²) in [5, 5.41) is 1.05. The number of aromatic nitrogens is 1. The van der Waals surface area contributed by atoms with E-state index in [2.05, 4.69) is 27.0 Å². The Morgan fingerprint density at radius 1 is 1.33 bits per heavy atom. The normalized spacial score (nSPS) is 10.7. The van der Waals surface area contributed by atoms with Crippen molar-refractivity contribution in [3.63, 3.8) is 0 Å². The fourth-order valence-corrected chi connectivity index (χ4v) is 2.41. The molecule has 2 rings (SSSR count). The van der Waals surface area contributed by atoms with Gasteiger partial charge in [0.25, 0.3) is 0 Å². The molecule has 0 atom stereocenters. The molecule has 0 bridgehead atoms. The molecule has 0 aliphatic carbocycles. The molecule has 2 aromatic rings. The van der Waals surface area contributed by atoms with E-state index in [0.29, 0.717) is 0 Å². The highest BCUT2D eigenvalue weighted by atomic mass is 79.9. The van der Waals surface area contributed by atoms with Gasteiger partial charge in [-0.25, -0.2) is 4.98 Å². The SMILES string of the molecule is BrCCCCOc1ccc2ncsc2c1. The number of unbranched alkanes of at least 4 members (excludes halogenated alkanes) is 1. The van der Waals surface area contributed by atoms with Crippen molar-refractivity contribution in [3.05, 3.63) is 23.7 Å². The molecule has 0 N–H and O–H groups in total. The Labute approximate surface area is 101 Å². The molecule has 1 aromatic heterocycles. The molecule has 1 heterocycles. The van der Waals surface area contributed by atoms with Gasteiger partial charge < -0.3 is 4.74 Å². The third-order valence-corrected chi connectivity index (χ3v) is 3.45. The number of rotatable bonds is 5. The fourth-order valence-electron chi connectivity index (χ4n) is 1.31. The van der Waals surface area contributed by atoms with Crippen molar-refractivity contribution >= 4 is 37.5 Å². The predicted molar refractivity (Wildman–Crippen MR) is 68.1 cm³/mol. The Bertz CT molecular complexity index is 429. The standard InChI is InChI=1S/C11H12BrNOS/c12-5-1-2-6-14-9-3-4-10-11(7-9)15-8-13-10/h3-4,7-8H,1-2,5-6H2. The highest BCUT2D eigenvalue weighted by molar-refractivity contribution is 9.09. The monoisotopic (exact) mass is 285 g/mol. The largest absolute Gasteiger partial charge is 0.494 e. The first-order chi connectivity index (χ1) is 7.40. The van der Waals surface area contributed by atoms with Crippen molar-refractivity contribution in [1.82, 2.24) is 4.98 Å². The lowest BCUT2D eigenvalue weighted by molar-refractivity contribution is 0.310. The van der Waals surface area contributed by atoms with E-state index >= 15 is 0 Å². The molecule has 0 spiro atoms. The van der Waals surface area contributed by atoms with Crippen LogP contribution in [0.25, 0.3) is 10.2 Å². The summed E-state index contributed by atoms with van der Waals surface area (Å²) in [4.78, 5) is 4.23. The van der Waals surface area contributed by atoms with Gasteiger partial charge in [0, 0.05) is 5.33 Å². The maximum atomic E-state index is 5.64. The number of alkyl halides is 1. The van der Waals surface area contributed by atoms with Gasteiger partial charge in [-0.3, -0.25) is 0 Å². The molecule has 0 aliphatic heterocycles. The molecular formula is C11H12BrNOS. The van der Waals surface area contributed by atoms with Crippen LogP contribution in [0.4, 0.5) is 0 Å². The van der Waals surface area contributed by atoms with Gasteiger partial charge >= 0.3 is 0 Å². The summed E-state index contributed by atoms with van der Waals surface area (Å²) < 4.78 is 6.83. The number of nitrogens with zero attached hydrogens (tertiary/aromatic N) is 1. The topological polar surface area (TPSA) is 22.1 Å². The van der Waals surface area contributed by atoms with Crippen LogP contribution in [0.2, 0.25) is 0 Å². The van der Waals surface area contributed by atoms with E-state index in [4.69, 9.17) is 4.74 Å². The molecule has 1 aromatic carbocycles. The molecule has 4 heteroatoms. The van der Waals surface area contributed by atoms with Crippen LogP contribution in [-0.2, 0) is 0 Å². The number of hydrogen-bond donors (Lipinski definition) is 0. The summed E-state index contributed by atoms with van der Waals surface area (Å²) >= 11 is 5.05. The van der Waals surface area contributed by atoms with Crippen LogP contribution in [0.5, 0.6) is 5.75 Å². The van der Waals surface area contributed by atoms with Gasteiger partial charge in [-0.05, 0) is 31.0 Å². The summed E-state index contributed by atoms with van der Waals surface area (Å²) in [7, 11) is 0. The van der Waals surface area contributed by atoms with E-state index in [1.807, 2.05) is 17.6 Å². The Morgan fingerprint density at radius 2 is 2.27 bits per heavy atom. The highest BCUT2D eigenvalue weighted by Crippen LogP contribution is 2.23. The first kappa shape index (κ1) is 10.9. The number of benzene rings is 1. The summed E-state index contributed by atoms with van der Waals surface area (Å²) in [6.45, 7) is 0.788. The van der Waals surface area contributed by atoms with Crippen molar-refractivity contribution in [1.29, 1.82) is 0 Å². The van der Waals surface area contributed by atoms with Crippen molar-refractivity contribution in [3.8, 4) is 5.75 Å². The average molecular weight is 286 g/mol. The third kappa shape index (κ3) is 2.92. The summed E-state index contributed by atoms with van der Waals surface area (Å²) in [5.41, 5.74) is 2.91. The molecule has 0 saturated heterocycles. The lowest BCUT2D eigenvalue weighted by Crippen LogP contribution is -1.97. The number of fused-ring (bicyclic) bond motifs is 1. The Hall–Kier alpha value is -0.610. The maximum absolute atomic E-state index is 5.64. The number of halogens is 1. The first-order valence-electron chi connectivity index (χ1n) is 4.92. The van der Waals surface area contributed by atoms with Crippen LogP contribution in [0, 0.1) is 0 Å². The van der Waals surface area contributed by atoms with Gasteiger partial charge in [0.1, 0.15) is 5.75 Å². The molecule has 0 unspecified atom stereocenters. The van der Waals surface area contributed by atoms with E-state index in [1.54, 1.807) is 11.3 Å².